The highest BCUT2D eigenvalue weighted by Crippen LogP contribution is 2.25. The van der Waals surface area contributed by atoms with Crippen LogP contribution in [0.3, 0.4) is 0 Å². The van der Waals surface area contributed by atoms with E-state index in [9.17, 15) is 14.4 Å². The van der Waals surface area contributed by atoms with Crippen LogP contribution in [-0.4, -0.2) is 45.8 Å². The van der Waals surface area contributed by atoms with E-state index in [1.54, 1.807) is 71.0 Å². The first-order valence-corrected chi connectivity index (χ1v) is 12.2. The number of nitrogens with zero attached hydrogens (tertiary/aromatic N) is 3. The molecule has 2 amide bonds. The zero-order valence-corrected chi connectivity index (χ0v) is 22.3. The molecule has 0 aliphatic heterocycles. The highest BCUT2D eigenvalue weighted by Gasteiger charge is 2.32. The zero-order valence-electron chi connectivity index (χ0n) is 22.3. The van der Waals surface area contributed by atoms with Gasteiger partial charge in [-0.15, -0.1) is 0 Å². The van der Waals surface area contributed by atoms with Crippen LogP contribution < -0.4 is 16.3 Å². The second kappa shape index (κ2) is 10.5. The maximum absolute atomic E-state index is 13.1. The number of pyridine rings is 1. The molecular weight excluding hydrogens is 486 g/mol. The minimum absolute atomic E-state index is 0.0698. The van der Waals surface area contributed by atoms with Gasteiger partial charge in [0.2, 0.25) is 5.91 Å². The molecule has 3 heterocycles. The van der Waals surface area contributed by atoms with Gasteiger partial charge >= 0.3 is 5.63 Å². The van der Waals surface area contributed by atoms with E-state index in [0.717, 1.165) is 5.69 Å². The Morgan fingerprint density at radius 3 is 2.50 bits per heavy atom. The van der Waals surface area contributed by atoms with Gasteiger partial charge in [0, 0.05) is 37.6 Å². The summed E-state index contributed by atoms with van der Waals surface area (Å²) < 4.78 is 10.9. The topological polar surface area (TPSA) is 131 Å². The zero-order chi connectivity index (χ0) is 27.6. The van der Waals surface area contributed by atoms with Gasteiger partial charge in [-0.25, -0.2) is 4.79 Å². The fraction of sp³-hybridized carbons (Fsp3) is 0.321. The number of fused-ring (bicyclic) bond motifs is 1. The fourth-order valence-electron chi connectivity index (χ4n) is 4.28. The number of benzene rings is 1. The summed E-state index contributed by atoms with van der Waals surface area (Å²) in [5, 5.41) is 6.03. The summed E-state index contributed by atoms with van der Waals surface area (Å²) in [5.41, 5.74) is 0.935. The summed E-state index contributed by atoms with van der Waals surface area (Å²) in [4.78, 5) is 49.1. The molecule has 0 saturated carbocycles. The molecule has 4 rings (SSSR count). The number of likely N-dealkylation sites (N-methyl/N-ethyl adjacent to an activating group) is 1. The van der Waals surface area contributed by atoms with E-state index in [0.29, 0.717) is 46.8 Å². The van der Waals surface area contributed by atoms with Gasteiger partial charge in [0.1, 0.15) is 17.1 Å². The van der Waals surface area contributed by atoms with Crippen LogP contribution in [-0.2, 0) is 11.2 Å². The molecule has 10 nitrogen and oxygen atoms in total. The van der Waals surface area contributed by atoms with Crippen molar-refractivity contribution >= 4 is 34.4 Å². The first-order valence-electron chi connectivity index (χ1n) is 12.2. The van der Waals surface area contributed by atoms with E-state index < -0.39 is 11.2 Å². The van der Waals surface area contributed by atoms with E-state index in [-0.39, 0.29) is 23.2 Å². The third-order valence-corrected chi connectivity index (χ3v) is 6.32. The minimum Gasteiger partial charge on any atom is -0.466 e. The molecule has 0 bridgehead atoms. The van der Waals surface area contributed by atoms with E-state index in [1.165, 1.54) is 0 Å². The van der Waals surface area contributed by atoms with Crippen molar-refractivity contribution in [3.05, 3.63) is 81.4 Å². The van der Waals surface area contributed by atoms with Crippen LogP contribution in [0.25, 0.3) is 10.9 Å². The Bertz CT molecular complexity index is 1560. The number of anilines is 2. The third-order valence-electron chi connectivity index (χ3n) is 6.32. The SMILES string of the molecule is Cc1cc(C(=O)Nc2ccc3nc(NC(C)(C)C(=O)N(C)CCc4ccccn4)oc(=O)c3c2C)c(C)o1. The Morgan fingerprint density at radius 2 is 1.84 bits per heavy atom. The molecule has 0 saturated heterocycles. The van der Waals surface area contributed by atoms with Crippen LogP contribution in [0.15, 0.2) is 56.2 Å². The average Bonchev–Trinajstić information content (AvgIpc) is 3.21. The molecule has 0 unspecified atom stereocenters. The van der Waals surface area contributed by atoms with Crippen LogP contribution in [0.1, 0.15) is 47.0 Å². The lowest BCUT2D eigenvalue weighted by atomic mass is 10.0. The molecule has 4 aromatic rings. The van der Waals surface area contributed by atoms with Gasteiger partial charge in [-0.3, -0.25) is 14.6 Å². The minimum atomic E-state index is -1.10. The molecular formula is C28H31N5O5. The van der Waals surface area contributed by atoms with Gasteiger partial charge in [0.05, 0.1) is 16.5 Å². The number of nitrogens with one attached hydrogen (secondary N) is 2. The van der Waals surface area contributed by atoms with Crippen molar-refractivity contribution in [2.24, 2.45) is 0 Å². The Hall–Kier alpha value is -4.47. The lowest BCUT2D eigenvalue weighted by molar-refractivity contribution is -0.133. The van der Waals surface area contributed by atoms with Crippen molar-refractivity contribution in [3.8, 4) is 0 Å². The first-order chi connectivity index (χ1) is 18.0. The molecule has 10 heteroatoms. The summed E-state index contributed by atoms with van der Waals surface area (Å²) in [6.07, 6.45) is 2.33. The Labute approximate surface area is 220 Å². The first kappa shape index (κ1) is 26.6. The van der Waals surface area contributed by atoms with Crippen LogP contribution in [0, 0.1) is 20.8 Å². The van der Waals surface area contributed by atoms with Crippen LogP contribution >= 0.6 is 0 Å². The van der Waals surface area contributed by atoms with Crippen molar-refractivity contribution in [1.29, 1.82) is 0 Å². The van der Waals surface area contributed by atoms with Crippen LogP contribution in [0.5, 0.6) is 0 Å². The van der Waals surface area contributed by atoms with E-state index in [1.807, 2.05) is 18.2 Å². The maximum atomic E-state index is 13.1. The smallest absolute Gasteiger partial charge is 0.348 e. The molecule has 0 atom stereocenters. The van der Waals surface area contributed by atoms with Crippen molar-refractivity contribution in [2.45, 2.75) is 46.6 Å². The molecule has 0 aliphatic carbocycles. The summed E-state index contributed by atoms with van der Waals surface area (Å²) in [6.45, 7) is 9.06. The molecule has 2 N–H and O–H groups in total. The van der Waals surface area contributed by atoms with Gasteiger partial charge in [-0.1, -0.05) is 6.07 Å². The number of aryl methyl sites for hydroxylation is 3. The Kier molecular flexibility index (Phi) is 7.34. The molecule has 0 spiro atoms. The lowest BCUT2D eigenvalue weighted by Gasteiger charge is -2.30. The molecule has 3 aromatic heterocycles. The van der Waals surface area contributed by atoms with E-state index in [4.69, 9.17) is 8.83 Å². The third kappa shape index (κ3) is 5.59. The van der Waals surface area contributed by atoms with Crippen molar-refractivity contribution < 1.29 is 18.4 Å². The number of hydrogen-bond acceptors (Lipinski definition) is 8. The average molecular weight is 518 g/mol. The van der Waals surface area contributed by atoms with Gasteiger partial charge in [-0.05, 0) is 70.5 Å². The largest absolute Gasteiger partial charge is 0.466 e. The number of furan rings is 1. The van der Waals surface area contributed by atoms with Gasteiger partial charge < -0.3 is 24.4 Å². The number of carbonyl (C=O) groups is 2. The molecule has 1 aromatic carbocycles. The number of aromatic nitrogens is 2. The molecule has 0 fully saturated rings. The summed E-state index contributed by atoms with van der Waals surface area (Å²) >= 11 is 0. The number of carbonyl (C=O) groups excluding carboxylic acids is 2. The molecule has 38 heavy (non-hydrogen) atoms. The van der Waals surface area contributed by atoms with E-state index in [2.05, 4.69) is 20.6 Å². The number of amides is 2. The highest BCUT2D eigenvalue weighted by molar-refractivity contribution is 6.06. The normalized spacial score (nSPS) is 11.4. The van der Waals surface area contributed by atoms with Crippen molar-refractivity contribution in [1.82, 2.24) is 14.9 Å². The second-order valence-electron chi connectivity index (χ2n) is 9.77. The summed E-state index contributed by atoms with van der Waals surface area (Å²) in [7, 11) is 1.71. The fourth-order valence-corrected chi connectivity index (χ4v) is 4.28. The second-order valence-corrected chi connectivity index (χ2v) is 9.77. The lowest BCUT2D eigenvalue weighted by Crippen LogP contribution is -2.49. The van der Waals surface area contributed by atoms with Crippen LogP contribution in [0.2, 0.25) is 0 Å². The predicted molar refractivity (Wildman–Crippen MR) is 144 cm³/mol. The molecule has 0 aliphatic rings. The number of hydrogen-bond donors (Lipinski definition) is 2. The summed E-state index contributed by atoms with van der Waals surface area (Å²) in [5.74, 6) is 0.602. The van der Waals surface area contributed by atoms with E-state index >= 15 is 0 Å². The Morgan fingerprint density at radius 1 is 1.08 bits per heavy atom. The highest BCUT2D eigenvalue weighted by atomic mass is 16.4. The standard InChI is InChI=1S/C28H31N5O5/c1-16-15-20(18(3)37-16)24(34)30-21-10-11-22-23(17(21)2)25(35)38-27(31-22)32-28(4,5)26(36)33(6)14-12-19-9-7-8-13-29-19/h7-11,13,15H,12,14H2,1-6H3,(H,30,34)(H,31,32). The van der Waals surface area contributed by atoms with Gasteiger partial charge in [-0.2, -0.15) is 4.98 Å². The molecule has 198 valence electrons. The number of rotatable bonds is 8. The van der Waals surface area contributed by atoms with Gasteiger partial charge in [0.25, 0.3) is 11.9 Å². The summed E-state index contributed by atoms with van der Waals surface area (Å²) in [6, 6.07) is 10.6. The van der Waals surface area contributed by atoms with Crippen LogP contribution in [0.4, 0.5) is 11.7 Å². The molecule has 0 radical (unpaired) electrons. The van der Waals surface area contributed by atoms with Gasteiger partial charge in [0.15, 0.2) is 0 Å². The monoisotopic (exact) mass is 517 g/mol. The predicted octanol–water partition coefficient (Wildman–Crippen LogP) is 4.25. The maximum Gasteiger partial charge on any atom is 0.348 e. The quantitative estimate of drug-likeness (QED) is 0.355. The van der Waals surface area contributed by atoms with Crippen molar-refractivity contribution in [3.63, 3.8) is 0 Å². The Balaban J connectivity index is 1.51. The van der Waals surface area contributed by atoms with Crippen molar-refractivity contribution in [2.75, 3.05) is 24.2 Å².